The average Bonchev–Trinajstić information content (AvgIpc) is 2.90. The molecule has 208 valence electrons. The number of hydrogen-bond acceptors (Lipinski definition) is 5. The molecule has 0 unspecified atom stereocenters. The van der Waals surface area contributed by atoms with Crippen molar-refractivity contribution in [1.82, 2.24) is 10.2 Å². The molecule has 3 aromatic carbocycles. The molecule has 0 radical (unpaired) electrons. The molecule has 0 spiro atoms. The number of methoxy groups -OCH3 is 1. The fraction of sp³-hybridized carbons (Fsp3) is 0.310. The van der Waals surface area contributed by atoms with Crippen molar-refractivity contribution in [2.24, 2.45) is 0 Å². The third-order valence-electron chi connectivity index (χ3n) is 6.02. The van der Waals surface area contributed by atoms with Gasteiger partial charge in [-0.2, -0.15) is 13.2 Å². The molecule has 7 nitrogen and oxygen atoms in total. The molecule has 0 saturated heterocycles. The zero-order valence-electron chi connectivity index (χ0n) is 22.0. The first-order valence-corrected chi connectivity index (χ1v) is 12.4. The van der Waals surface area contributed by atoms with Gasteiger partial charge in [0.2, 0.25) is 0 Å². The molecule has 0 saturated carbocycles. The standard InChI is InChI=1S/C29H31F3N2O5/c1-4-34(28(37)33-17-20-7-6-8-23(35)13-20)18-21-16-22(29(30,31)32)10-11-24(21)25-14-19(9-12-26(25)38-3)15-27(36)39-5-2/h6-14,16,35H,4-5,15,17-18H2,1-3H3,(H,33,37). The van der Waals surface area contributed by atoms with E-state index in [1.807, 2.05) is 0 Å². The summed E-state index contributed by atoms with van der Waals surface area (Å²) in [5.74, 6) is 0.0312. The van der Waals surface area contributed by atoms with Crippen molar-refractivity contribution in [1.29, 1.82) is 0 Å². The number of aromatic hydroxyl groups is 1. The van der Waals surface area contributed by atoms with Crippen molar-refractivity contribution in [2.75, 3.05) is 20.3 Å². The molecule has 0 bridgehead atoms. The summed E-state index contributed by atoms with van der Waals surface area (Å²) in [6.07, 6.45) is -4.60. The first-order valence-electron chi connectivity index (χ1n) is 12.4. The van der Waals surface area contributed by atoms with Gasteiger partial charge in [-0.25, -0.2) is 4.79 Å². The predicted molar refractivity (Wildman–Crippen MR) is 140 cm³/mol. The van der Waals surface area contributed by atoms with Crippen LogP contribution in [-0.2, 0) is 35.2 Å². The third-order valence-corrected chi connectivity index (χ3v) is 6.02. The average molecular weight is 545 g/mol. The number of phenolic OH excluding ortho intramolecular Hbond substituents is 1. The van der Waals surface area contributed by atoms with E-state index < -0.39 is 23.7 Å². The van der Waals surface area contributed by atoms with E-state index in [-0.39, 0.29) is 44.0 Å². The normalized spacial score (nSPS) is 11.1. The van der Waals surface area contributed by atoms with E-state index in [0.717, 1.165) is 12.1 Å². The maximum atomic E-state index is 13.7. The van der Waals surface area contributed by atoms with Crippen LogP contribution in [0, 0.1) is 0 Å². The maximum absolute atomic E-state index is 13.7. The highest BCUT2D eigenvalue weighted by Crippen LogP contribution is 2.38. The zero-order valence-corrected chi connectivity index (χ0v) is 22.0. The Labute approximate surface area is 225 Å². The highest BCUT2D eigenvalue weighted by molar-refractivity contribution is 5.79. The van der Waals surface area contributed by atoms with Crippen molar-refractivity contribution < 1.29 is 37.3 Å². The van der Waals surface area contributed by atoms with Crippen LogP contribution in [0.15, 0.2) is 60.7 Å². The first-order chi connectivity index (χ1) is 18.5. The molecule has 3 rings (SSSR count). The Morgan fingerprint density at radius 2 is 1.74 bits per heavy atom. The smallest absolute Gasteiger partial charge is 0.416 e. The van der Waals surface area contributed by atoms with Crippen LogP contribution in [0.25, 0.3) is 11.1 Å². The highest BCUT2D eigenvalue weighted by atomic mass is 19.4. The second-order valence-electron chi connectivity index (χ2n) is 8.73. The minimum atomic E-state index is -4.59. The topological polar surface area (TPSA) is 88.1 Å². The fourth-order valence-electron chi connectivity index (χ4n) is 4.11. The van der Waals surface area contributed by atoms with Crippen molar-refractivity contribution in [2.45, 2.75) is 39.5 Å². The van der Waals surface area contributed by atoms with Crippen LogP contribution in [0.2, 0.25) is 0 Å². The summed E-state index contributed by atoms with van der Waals surface area (Å²) < 4.78 is 51.5. The lowest BCUT2D eigenvalue weighted by molar-refractivity contribution is -0.142. The van der Waals surface area contributed by atoms with Gasteiger partial charge in [0.15, 0.2) is 0 Å². The minimum Gasteiger partial charge on any atom is -0.508 e. The summed E-state index contributed by atoms with van der Waals surface area (Å²) in [6.45, 7) is 3.88. The number of phenols is 1. The van der Waals surface area contributed by atoms with Crippen LogP contribution in [0.1, 0.15) is 36.1 Å². The molecule has 0 aliphatic rings. The van der Waals surface area contributed by atoms with E-state index in [1.165, 1.54) is 30.2 Å². The number of rotatable bonds is 10. The monoisotopic (exact) mass is 544 g/mol. The number of ether oxygens (including phenoxy) is 2. The van der Waals surface area contributed by atoms with E-state index >= 15 is 0 Å². The van der Waals surface area contributed by atoms with Gasteiger partial charge in [0.1, 0.15) is 11.5 Å². The molecular weight excluding hydrogens is 513 g/mol. The van der Waals surface area contributed by atoms with Gasteiger partial charge in [-0.1, -0.05) is 24.3 Å². The molecule has 10 heteroatoms. The number of amides is 2. The summed E-state index contributed by atoms with van der Waals surface area (Å²) in [6, 6.07) is 14.3. The van der Waals surface area contributed by atoms with Crippen LogP contribution in [0.3, 0.4) is 0 Å². The van der Waals surface area contributed by atoms with E-state index in [4.69, 9.17) is 9.47 Å². The van der Waals surface area contributed by atoms with E-state index in [1.54, 1.807) is 44.2 Å². The second-order valence-corrected chi connectivity index (χ2v) is 8.73. The van der Waals surface area contributed by atoms with Gasteiger partial charge in [-0.15, -0.1) is 0 Å². The van der Waals surface area contributed by atoms with E-state index in [2.05, 4.69) is 5.32 Å². The Hall–Kier alpha value is -4.21. The van der Waals surface area contributed by atoms with Crippen LogP contribution >= 0.6 is 0 Å². The van der Waals surface area contributed by atoms with Crippen molar-refractivity contribution in [3.8, 4) is 22.6 Å². The Balaban J connectivity index is 1.97. The van der Waals surface area contributed by atoms with Gasteiger partial charge in [-0.05, 0) is 72.5 Å². The van der Waals surface area contributed by atoms with Crippen LogP contribution in [0.4, 0.5) is 18.0 Å². The molecule has 0 aliphatic carbocycles. The molecule has 0 aromatic heterocycles. The lowest BCUT2D eigenvalue weighted by Gasteiger charge is -2.24. The summed E-state index contributed by atoms with van der Waals surface area (Å²) in [5, 5.41) is 12.4. The second kappa shape index (κ2) is 13.0. The summed E-state index contributed by atoms with van der Waals surface area (Å²) in [5.41, 5.74) is 1.60. The van der Waals surface area contributed by atoms with Gasteiger partial charge in [0.05, 0.1) is 25.7 Å². The highest BCUT2D eigenvalue weighted by Gasteiger charge is 2.31. The van der Waals surface area contributed by atoms with Crippen LogP contribution in [-0.4, -0.2) is 42.3 Å². The SMILES string of the molecule is CCOC(=O)Cc1ccc(OC)c(-c2ccc(C(F)(F)F)cc2CN(CC)C(=O)NCc2cccc(O)c2)c1. The Bertz CT molecular complexity index is 1310. The minimum absolute atomic E-state index is 0.0146. The largest absolute Gasteiger partial charge is 0.508 e. The maximum Gasteiger partial charge on any atom is 0.416 e. The lowest BCUT2D eigenvalue weighted by Crippen LogP contribution is -2.39. The predicted octanol–water partition coefficient (Wildman–Crippen LogP) is 5.92. The van der Waals surface area contributed by atoms with Crippen molar-refractivity contribution in [3.63, 3.8) is 0 Å². The lowest BCUT2D eigenvalue weighted by atomic mass is 9.94. The van der Waals surface area contributed by atoms with Crippen molar-refractivity contribution >= 4 is 12.0 Å². The number of carbonyl (C=O) groups excluding carboxylic acids is 2. The summed E-state index contributed by atoms with van der Waals surface area (Å²) >= 11 is 0. The number of nitrogens with zero attached hydrogens (tertiary/aromatic N) is 1. The van der Waals surface area contributed by atoms with Gasteiger partial charge in [0.25, 0.3) is 0 Å². The quantitative estimate of drug-likeness (QED) is 0.309. The van der Waals surface area contributed by atoms with Gasteiger partial charge >= 0.3 is 18.2 Å². The molecule has 0 atom stereocenters. The molecule has 0 heterocycles. The molecule has 0 fully saturated rings. The Morgan fingerprint density at radius 1 is 0.974 bits per heavy atom. The fourth-order valence-corrected chi connectivity index (χ4v) is 4.11. The molecule has 2 amide bonds. The number of benzene rings is 3. The number of urea groups is 1. The number of hydrogen-bond donors (Lipinski definition) is 2. The van der Waals surface area contributed by atoms with Crippen LogP contribution in [0.5, 0.6) is 11.5 Å². The summed E-state index contributed by atoms with van der Waals surface area (Å²) in [7, 11) is 1.45. The van der Waals surface area contributed by atoms with Gasteiger partial charge < -0.3 is 24.8 Å². The Kier molecular flexibility index (Phi) is 9.81. The summed E-state index contributed by atoms with van der Waals surface area (Å²) in [4.78, 5) is 26.4. The zero-order chi connectivity index (χ0) is 28.6. The molecule has 39 heavy (non-hydrogen) atoms. The van der Waals surface area contributed by atoms with Crippen LogP contribution < -0.4 is 10.1 Å². The third kappa shape index (κ3) is 7.89. The molecular formula is C29H31F3N2O5. The van der Waals surface area contributed by atoms with E-state index in [9.17, 15) is 27.9 Å². The number of esters is 1. The van der Waals surface area contributed by atoms with Gasteiger partial charge in [0, 0.05) is 25.2 Å². The molecule has 0 aliphatic heterocycles. The van der Waals surface area contributed by atoms with Crippen molar-refractivity contribution in [3.05, 3.63) is 82.9 Å². The van der Waals surface area contributed by atoms with E-state index in [0.29, 0.717) is 28.0 Å². The molecule has 2 N–H and O–H groups in total. The Morgan fingerprint density at radius 3 is 2.38 bits per heavy atom. The number of alkyl halides is 3. The van der Waals surface area contributed by atoms with Gasteiger partial charge in [-0.3, -0.25) is 4.79 Å². The first kappa shape index (κ1) is 29.3. The molecule has 3 aromatic rings. The number of carbonyl (C=O) groups is 2. The number of halogens is 3. The number of nitrogens with one attached hydrogen (secondary N) is 1.